The predicted molar refractivity (Wildman–Crippen MR) is 106 cm³/mol. The lowest BCUT2D eigenvalue weighted by atomic mass is 10.1. The summed E-state index contributed by atoms with van der Waals surface area (Å²) in [6.45, 7) is 0. The molecule has 0 aliphatic rings. The minimum absolute atomic E-state index is 0.211. The third-order valence-corrected chi connectivity index (χ3v) is 4.27. The summed E-state index contributed by atoms with van der Waals surface area (Å²) in [6, 6.07) is 14.6. The Kier molecular flexibility index (Phi) is 5.45. The zero-order chi connectivity index (χ0) is 18.7. The van der Waals surface area contributed by atoms with Gasteiger partial charge >= 0.3 is 0 Å². The lowest BCUT2D eigenvalue weighted by Crippen LogP contribution is -2.13. The Morgan fingerprint density at radius 2 is 1.85 bits per heavy atom. The number of nitrogens with zero attached hydrogens (tertiary/aromatic N) is 3. The van der Waals surface area contributed by atoms with Crippen LogP contribution in [0.4, 0.5) is 0 Å². The average Bonchev–Trinajstić information content (AvgIpc) is 3.09. The first kappa shape index (κ1) is 18.2. The molecule has 1 heterocycles. The number of hydrogen-bond donors (Lipinski definition) is 0. The zero-order valence-corrected chi connectivity index (χ0v) is 15.9. The second-order valence-electron chi connectivity index (χ2n) is 5.96. The summed E-state index contributed by atoms with van der Waals surface area (Å²) < 4.78 is 1.70. The van der Waals surface area contributed by atoms with Gasteiger partial charge in [-0.2, -0.15) is 0 Å². The fourth-order valence-corrected chi connectivity index (χ4v) is 3.01. The van der Waals surface area contributed by atoms with E-state index in [-0.39, 0.29) is 5.78 Å². The second-order valence-corrected chi connectivity index (χ2v) is 6.81. The van der Waals surface area contributed by atoms with E-state index in [0.29, 0.717) is 21.3 Å². The molecule has 0 saturated heterocycles. The van der Waals surface area contributed by atoms with Crippen molar-refractivity contribution in [2.75, 3.05) is 14.1 Å². The molecule has 0 amide bonds. The molecule has 0 aliphatic carbocycles. The summed E-state index contributed by atoms with van der Waals surface area (Å²) in [5, 5.41) is 0.800. The van der Waals surface area contributed by atoms with E-state index < -0.39 is 0 Å². The zero-order valence-electron chi connectivity index (χ0n) is 14.4. The predicted octanol–water partition coefficient (Wildman–Crippen LogP) is 5.10. The first-order chi connectivity index (χ1) is 12.5. The normalized spacial score (nSPS) is 11.5. The van der Waals surface area contributed by atoms with Gasteiger partial charge < -0.3 is 9.47 Å². The monoisotopic (exact) mass is 385 g/mol. The number of benzene rings is 2. The fourth-order valence-electron chi connectivity index (χ4n) is 2.51. The number of ketones is 1. The van der Waals surface area contributed by atoms with Crippen molar-refractivity contribution in [3.8, 4) is 11.3 Å². The van der Waals surface area contributed by atoms with Crippen molar-refractivity contribution in [1.82, 2.24) is 14.5 Å². The highest BCUT2D eigenvalue weighted by Crippen LogP contribution is 2.26. The third-order valence-electron chi connectivity index (χ3n) is 3.72. The van der Waals surface area contributed by atoms with Crippen molar-refractivity contribution in [3.63, 3.8) is 0 Å². The van der Waals surface area contributed by atoms with Gasteiger partial charge in [-0.15, -0.1) is 0 Å². The number of allylic oxidation sites excluding steroid dienone is 1. The van der Waals surface area contributed by atoms with Crippen molar-refractivity contribution in [2.24, 2.45) is 0 Å². The average molecular weight is 386 g/mol. The Morgan fingerprint density at radius 3 is 2.50 bits per heavy atom. The van der Waals surface area contributed by atoms with Crippen LogP contribution in [0.2, 0.25) is 10.0 Å². The maximum absolute atomic E-state index is 13.1. The molecule has 0 saturated carbocycles. The Bertz CT molecular complexity index is 962. The summed E-state index contributed by atoms with van der Waals surface area (Å²) in [5.41, 5.74) is 2.59. The number of carbonyl (C=O) groups excluding carboxylic acids is 1. The summed E-state index contributed by atoms with van der Waals surface area (Å²) in [6.07, 6.45) is 5.19. The molecular weight excluding hydrogens is 369 g/mol. The van der Waals surface area contributed by atoms with E-state index in [4.69, 9.17) is 23.2 Å². The number of Topliss-reactive ketones (excluding diaryl/α,β-unsaturated/α-hetero) is 1. The minimum atomic E-state index is -0.211. The van der Waals surface area contributed by atoms with Crippen LogP contribution >= 0.6 is 23.2 Å². The SMILES string of the molecule is CN(C)C=C(C(=O)c1ccc(Cl)cc1Cl)n1cnc(-c2ccccc2)c1. The van der Waals surface area contributed by atoms with Gasteiger partial charge in [0.15, 0.2) is 0 Å². The van der Waals surface area contributed by atoms with Gasteiger partial charge in [0.2, 0.25) is 5.78 Å². The molecule has 6 heteroatoms. The fraction of sp³-hybridized carbons (Fsp3) is 0.100. The van der Waals surface area contributed by atoms with Crippen LogP contribution in [-0.4, -0.2) is 34.3 Å². The lowest BCUT2D eigenvalue weighted by Gasteiger charge is -2.13. The van der Waals surface area contributed by atoms with Crippen molar-refractivity contribution >= 4 is 34.7 Å². The van der Waals surface area contributed by atoms with E-state index in [9.17, 15) is 4.79 Å². The van der Waals surface area contributed by atoms with Crippen LogP contribution in [0.3, 0.4) is 0 Å². The molecule has 0 radical (unpaired) electrons. The van der Waals surface area contributed by atoms with Crippen molar-refractivity contribution in [3.05, 3.63) is 82.9 Å². The van der Waals surface area contributed by atoms with Crippen LogP contribution in [-0.2, 0) is 0 Å². The van der Waals surface area contributed by atoms with Gasteiger partial charge in [-0.05, 0) is 18.2 Å². The molecule has 0 aliphatic heterocycles. The van der Waals surface area contributed by atoms with Gasteiger partial charge in [0, 0.05) is 42.6 Å². The van der Waals surface area contributed by atoms with Gasteiger partial charge in [0.05, 0.1) is 10.7 Å². The number of halogens is 2. The molecule has 132 valence electrons. The van der Waals surface area contributed by atoms with Crippen LogP contribution in [0, 0.1) is 0 Å². The standard InChI is InChI=1S/C20H17Cl2N3O/c1-24(2)12-19(20(26)16-9-8-15(21)10-17(16)22)25-11-18(23-13-25)14-6-4-3-5-7-14/h3-13H,1-2H3. The van der Waals surface area contributed by atoms with Gasteiger partial charge in [0.1, 0.15) is 12.0 Å². The van der Waals surface area contributed by atoms with Gasteiger partial charge in [-0.25, -0.2) is 4.98 Å². The Morgan fingerprint density at radius 1 is 1.12 bits per heavy atom. The van der Waals surface area contributed by atoms with Crippen LogP contribution in [0.1, 0.15) is 10.4 Å². The van der Waals surface area contributed by atoms with Crippen molar-refractivity contribution < 1.29 is 4.79 Å². The van der Waals surface area contributed by atoms with Crippen LogP contribution in [0.25, 0.3) is 17.0 Å². The molecule has 4 nitrogen and oxygen atoms in total. The van der Waals surface area contributed by atoms with Gasteiger partial charge in [-0.3, -0.25) is 4.79 Å². The second kappa shape index (κ2) is 7.77. The van der Waals surface area contributed by atoms with Gasteiger partial charge in [0.25, 0.3) is 0 Å². The quantitative estimate of drug-likeness (QED) is 0.452. The topological polar surface area (TPSA) is 38.1 Å². The molecule has 0 spiro atoms. The molecule has 26 heavy (non-hydrogen) atoms. The van der Waals surface area contributed by atoms with E-state index in [0.717, 1.165) is 11.3 Å². The Balaban J connectivity index is 2.02. The third kappa shape index (κ3) is 3.98. The van der Waals surface area contributed by atoms with Crippen molar-refractivity contribution in [2.45, 2.75) is 0 Å². The molecule has 3 aromatic rings. The molecular formula is C20H17Cl2N3O. The number of rotatable bonds is 5. The molecule has 0 atom stereocenters. The highest BCUT2D eigenvalue weighted by Gasteiger charge is 2.19. The molecule has 1 aromatic heterocycles. The van der Waals surface area contributed by atoms with Crippen molar-refractivity contribution in [1.29, 1.82) is 0 Å². The number of aromatic nitrogens is 2. The van der Waals surface area contributed by atoms with E-state index in [1.807, 2.05) is 50.6 Å². The molecule has 3 rings (SSSR count). The van der Waals surface area contributed by atoms with E-state index >= 15 is 0 Å². The molecule has 0 bridgehead atoms. The highest BCUT2D eigenvalue weighted by molar-refractivity contribution is 6.39. The van der Waals surface area contributed by atoms with Gasteiger partial charge in [-0.1, -0.05) is 53.5 Å². The molecule has 2 aromatic carbocycles. The molecule has 0 fully saturated rings. The summed E-state index contributed by atoms with van der Waals surface area (Å²) in [4.78, 5) is 19.3. The van der Waals surface area contributed by atoms with E-state index in [2.05, 4.69) is 4.98 Å². The molecule has 0 N–H and O–H groups in total. The summed E-state index contributed by atoms with van der Waals surface area (Å²) in [5.74, 6) is -0.211. The summed E-state index contributed by atoms with van der Waals surface area (Å²) >= 11 is 12.2. The largest absolute Gasteiger partial charge is 0.382 e. The maximum Gasteiger partial charge on any atom is 0.212 e. The van der Waals surface area contributed by atoms with Crippen LogP contribution < -0.4 is 0 Å². The molecule has 0 unspecified atom stereocenters. The highest BCUT2D eigenvalue weighted by atomic mass is 35.5. The van der Waals surface area contributed by atoms with Crippen LogP contribution in [0.5, 0.6) is 0 Å². The smallest absolute Gasteiger partial charge is 0.212 e. The first-order valence-electron chi connectivity index (χ1n) is 7.93. The number of hydrogen-bond acceptors (Lipinski definition) is 3. The summed E-state index contributed by atoms with van der Waals surface area (Å²) in [7, 11) is 3.71. The number of carbonyl (C=O) groups is 1. The first-order valence-corrected chi connectivity index (χ1v) is 8.69. The van der Waals surface area contributed by atoms with E-state index in [1.54, 1.807) is 40.2 Å². The minimum Gasteiger partial charge on any atom is -0.382 e. The number of imidazole rings is 1. The Hall–Kier alpha value is -2.56. The van der Waals surface area contributed by atoms with E-state index in [1.165, 1.54) is 0 Å². The lowest BCUT2D eigenvalue weighted by molar-refractivity contribution is 0.105. The van der Waals surface area contributed by atoms with Crippen LogP contribution in [0.15, 0.2) is 67.3 Å². The Labute approximate surface area is 162 Å². The maximum atomic E-state index is 13.1.